The molecule has 1 amide bonds. The minimum absolute atomic E-state index is 0.0378. The van der Waals surface area contributed by atoms with Crippen molar-refractivity contribution in [1.29, 1.82) is 0 Å². The van der Waals surface area contributed by atoms with Crippen LogP contribution in [0.3, 0.4) is 0 Å². The minimum Gasteiger partial charge on any atom is -0.300 e. The van der Waals surface area contributed by atoms with E-state index < -0.39 is 0 Å². The Hall–Kier alpha value is -0.610. The number of nitrogens with one attached hydrogen (secondary N) is 1. The molecule has 18 heavy (non-hydrogen) atoms. The molecule has 0 spiro atoms. The highest BCUT2D eigenvalue weighted by atomic mass is 16.2. The molecule has 4 heteroatoms. The number of carbonyl (C=O) groups excluding carboxylic acids is 1. The second-order valence-electron chi connectivity index (χ2n) is 5.81. The lowest BCUT2D eigenvalue weighted by Crippen LogP contribution is -2.47. The molecule has 104 valence electrons. The van der Waals surface area contributed by atoms with Crippen molar-refractivity contribution >= 4 is 5.91 Å². The van der Waals surface area contributed by atoms with Crippen LogP contribution in [0, 0.1) is 5.92 Å². The molecule has 2 rings (SSSR count). The summed E-state index contributed by atoms with van der Waals surface area (Å²) in [4.78, 5) is 13.7. The summed E-state index contributed by atoms with van der Waals surface area (Å²) in [6.45, 7) is 2.43. The van der Waals surface area contributed by atoms with Crippen LogP contribution in [-0.4, -0.2) is 29.9 Å². The van der Waals surface area contributed by atoms with Crippen molar-refractivity contribution in [2.45, 2.75) is 63.8 Å². The number of nitrogens with zero attached hydrogens (tertiary/aromatic N) is 1. The highest BCUT2D eigenvalue weighted by Gasteiger charge is 2.32. The van der Waals surface area contributed by atoms with E-state index in [2.05, 4.69) is 10.3 Å². The molecule has 2 fully saturated rings. The molecule has 0 bridgehead atoms. The molecule has 1 heterocycles. The molecule has 1 aliphatic heterocycles. The zero-order valence-corrected chi connectivity index (χ0v) is 11.4. The number of nitrogens with two attached hydrogens (primary N) is 1. The van der Waals surface area contributed by atoms with Crippen molar-refractivity contribution in [2.75, 3.05) is 13.1 Å². The Morgan fingerprint density at radius 1 is 1.17 bits per heavy atom. The third kappa shape index (κ3) is 3.69. The molecule has 0 radical (unpaired) electrons. The number of rotatable bonds is 5. The molecule has 3 N–H and O–H groups in total. The van der Waals surface area contributed by atoms with E-state index in [-0.39, 0.29) is 5.91 Å². The first-order valence-electron chi connectivity index (χ1n) is 7.55. The highest BCUT2D eigenvalue weighted by molar-refractivity contribution is 5.75. The minimum atomic E-state index is -0.0378. The molecule has 2 atom stereocenters. The van der Waals surface area contributed by atoms with Crippen LogP contribution in [0.25, 0.3) is 0 Å². The summed E-state index contributed by atoms with van der Waals surface area (Å²) in [5.41, 5.74) is 2.20. The van der Waals surface area contributed by atoms with Crippen molar-refractivity contribution in [2.24, 2.45) is 11.8 Å². The molecular formula is C14H27N3O. The lowest BCUT2D eigenvalue weighted by Gasteiger charge is -2.44. The van der Waals surface area contributed by atoms with Gasteiger partial charge in [-0.1, -0.05) is 12.8 Å². The number of unbranched alkanes of at least 4 members (excludes halogenated alkanes) is 1. The van der Waals surface area contributed by atoms with Gasteiger partial charge in [-0.05, 0) is 57.5 Å². The molecule has 2 aliphatic rings. The van der Waals surface area contributed by atoms with E-state index in [1.54, 1.807) is 0 Å². The van der Waals surface area contributed by atoms with Gasteiger partial charge in [0.1, 0.15) is 0 Å². The van der Waals surface area contributed by atoms with Crippen LogP contribution < -0.4 is 11.3 Å². The van der Waals surface area contributed by atoms with Gasteiger partial charge in [0.25, 0.3) is 0 Å². The summed E-state index contributed by atoms with van der Waals surface area (Å²) < 4.78 is 0. The van der Waals surface area contributed by atoms with Gasteiger partial charge in [0, 0.05) is 12.5 Å². The van der Waals surface area contributed by atoms with Crippen LogP contribution in [0.1, 0.15) is 57.8 Å². The number of piperidine rings is 1. The Morgan fingerprint density at radius 3 is 2.78 bits per heavy atom. The summed E-state index contributed by atoms with van der Waals surface area (Å²) in [5, 5.41) is 0. The zero-order valence-electron chi connectivity index (χ0n) is 11.4. The molecule has 0 aromatic rings. The first kappa shape index (κ1) is 13.8. The van der Waals surface area contributed by atoms with Gasteiger partial charge in [-0.25, -0.2) is 5.84 Å². The van der Waals surface area contributed by atoms with Crippen molar-refractivity contribution in [3.8, 4) is 0 Å². The number of hydrogen-bond donors (Lipinski definition) is 2. The molecule has 2 unspecified atom stereocenters. The maximum absolute atomic E-state index is 11.0. The quantitative estimate of drug-likeness (QED) is 0.340. The second-order valence-corrected chi connectivity index (χ2v) is 5.81. The number of carbonyl (C=O) groups is 1. The van der Waals surface area contributed by atoms with Crippen molar-refractivity contribution in [1.82, 2.24) is 10.3 Å². The maximum Gasteiger partial charge on any atom is 0.233 e. The summed E-state index contributed by atoms with van der Waals surface area (Å²) in [6.07, 6.45) is 11.1. The van der Waals surface area contributed by atoms with Crippen LogP contribution >= 0.6 is 0 Å². The van der Waals surface area contributed by atoms with Crippen molar-refractivity contribution < 1.29 is 4.79 Å². The fourth-order valence-electron chi connectivity index (χ4n) is 3.68. The SMILES string of the molecule is NNC(=O)CCCCN1CCCC2CCCCC21. The molecule has 4 nitrogen and oxygen atoms in total. The van der Waals surface area contributed by atoms with E-state index in [1.807, 2.05) is 0 Å². The first-order valence-corrected chi connectivity index (χ1v) is 7.55. The van der Waals surface area contributed by atoms with E-state index >= 15 is 0 Å². The first-order chi connectivity index (χ1) is 8.81. The molecule has 0 aromatic carbocycles. The fraction of sp³-hybridized carbons (Fsp3) is 0.929. The van der Waals surface area contributed by atoms with Crippen molar-refractivity contribution in [3.05, 3.63) is 0 Å². The van der Waals surface area contributed by atoms with Crippen LogP contribution in [0.4, 0.5) is 0 Å². The van der Waals surface area contributed by atoms with Gasteiger partial charge < -0.3 is 4.90 Å². The average Bonchev–Trinajstić information content (AvgIpc) is 2.43. The Balaban J connectivity index is 1.69. The van der Waals surface area contributed by atoms with Gasteiger partial charge in [-0.2, -0.15) is 0 Å². The predicted octanol–water partition coefficient (Wildman–Crippen LogP) is 1.80. The van der Waals surface area contributed by atoms with Crippen LogP contribution in [0.2, 0.25) is 0 Å². The third-order valence-corrected chi connectivity index (χ3v) is 4.62. The summed E-state index contributed by atoms with van der Waals surface area (Å²) in [5.74, 6) is 5.99. The normalized spacial score (nSPS) is 28.7. The number of hydrogen-bond acceptors (Lipinski definition) is 3. The van der Waals surface area contributed by atoms with Gasteiger partial charge in [-0.15, -0.1) is 0 Å². The standard InChI is InChI=1S/C14H27N3O/c15-16-14(18)9-3-4-10-17-11-5-7-12-6-1-2-8-13(12)17/h12-13H,1-11,15H2,(H,16,18). The topological polar surface area (TPSA) is 58.4 Å². The lowest BCUT2D eigenvalue weighted by molar-refractivity contribution is -0.121. The molecule has 1 saturated heterocycles. The number of amides is 1. The average molecular weight is 253 g/mol. The van der Waals surface area contributed by atoms with E-state index in [0.717, 1.165) is 24.8 Å². The summed E-state index contributed by atoms with van der Waals surface area (Å²) >= 11 is 0. The Labute approximate surface area is 110 Å². The van der Waals surface area contributed by atoms with E-state index in [1.165, 1.54) is 51.6 Å². The Morgan fingerprint density at radius 2 is 1.94 bits per heavy atom. The Bertz CT molecular complexity index is 268. The third-order valence-electron chi connectivity index (χ3n) is 4.62. The van der Waals surface area contributed by atoms with Crippen LogP contribution in [0.15, 0.2) is 0 Å². The van der Waals surface area contributed by atoms with Gasteiger partial charge in [0.2, 0.25) is 5.91 Å². The van der Waals surface area contributed by atoms with E-state index in [9.17, 15) is 4.79 Å². The predicted molar refractivity (Wildman–Crippen MR) is 72.7 cm³/mol. The van der Waals surface area contributed by atoms with E-state index in [4.69, 9.17) is 5.84 Å². The summed E-state index contributed by atoms with van der Waals surface area (Å²) in [7, 11) is 0. The monoisotopic (exact) mass is 253 g/mol. The van der Waals surface area contributed by atoms with Crippen LogP contribution in [-0.2, 0) is 4.79 Å². The van der Waals surface area contributed by atoms with Crippen molar-refractivity contribution in [3.63, 3.8) is 0 Å². The molecule has 1 aliphatic carbocycles. The zero-order chi connectivity index (χ0) is 12.8. The largest absolute Gasteiger partial charge is 0.300 e. The van der Waals surface area contributed by atoms with E-state index in [0.29, 0.717) is 6.42 Å². The highest BCUT2D eigenvalue weighted by Crippen LogP contribution is 2.35. The van der Waals surface area contributed by atoms with Crippen LogP contribution in [0.5, 0.6) is 0 Å². The van der Waals surface area contributed by atoms with Gasteiger partial charge in [0.05, 0.1) is 0 Å². The lowest BCUT2D eigenvalue weighted by atomic mass is 9.78. The number of likely N-dealkylation sites (tertiary alicyclic amines) is 1. The van der Waals surface area contributed by atoms with Gasteiger partial charge >= 0.3 is 0 Å². The van der Waals surface area contributed by atoms with Gasteiger partial charge in [0.15, 0.2) is 0 Å². The second kappa shape index (κ2) is 7.10. The Kier molecular flexibility index (Phi) is 5.45. The fourth-order valence-corrected chi connectivity index (χ4v) is 3.68. The smallest absolute Gasteiger partial charge is 0.233 e. The molecule has 1 saturated carbocycles. The van der Waals surface area contributed by atoms with Gasteiger partial charge in [-0.3, -0.25) is 10.2 Å². The number of fused-ring (bicyclic) bond motifs is 1. The summed E-state index contributed by atoms with van der Waals surface area (Å²) in [6, 6.07) is 0.843. The maximum atomic E-state index is 11.0. The molecular weight excluding hydrogens is 226 g/mol. The number of hydrazine groups is 1. The molecule has 0 aromatic heterocycles.